The molecule has 7 nitrogen and oxygen atoms in total. The third kappa shape index (κ3) is 3.33. The Morgan fingerprint density at radius 3 is 2.58 bits per heavy atom. The summed E-state index contributed by atoms with van der Waals surface area (Å²) in [4.78, 5) is 10.3. The highest BCUT2D eigenvalue weighted by atomic mass is 32.1. The maximum atomic E-state index is 10.7. The highest BCUT2D eigenvalue weighted by Gasteiger charge is 2.11. The summed E-state index contributed by atoms with van der Waals surface area (Å²) in [7, 11) is 1.61. The molecule has 0 radical (unpaired) electrons. The van der Waals surface area contributed by atoms with Crippen molar-refractivity contribution >= 4 is 27.8 Å². The number of methoxy groups -OCH3 is 1. The van der Waals surface area contributed by atoms with Gasteiger partial charge in [-0.1, -0.05) is 17.4 Å². The van der Waals surface area contributed by atoms with E-state index in [1.54, 1.807) is 19.2 Å². The van der Waals surface area contributed by atoms with Crippen molar-refractivity contribution in [2.24, 2.45) is 0 Å². The highest BCUT2D eigenvalue weighted by molar-refractivity contribution is 7.18. The molecule has 0 unspecified atom stereocenters. The molecule has 0 amide bonds. The maximum Gasteiger partial charge on any atom is 0.269 e. The van der Waals surface area contributed by atoms with E-state index in [0.29, 0.717) is 15.9 Å². The van der Waals surface area contributed by atoms with Gasteiger partial charge in [0.25, 0.3) is 5.69 Å². The standard InChI is InChI=1S/C16H14N4O3S/c1-10-3-8-14(23-2)13(9-10)17-16-19-18-15(24-16)11-4-6-12(7-5-11)20(21)22/h3-9H,1-2H3,(H,17,19). The Hall–Kier alpha value is -3.00. The van der Waals surface area contributed by atoms with Gasteiger partial charge in [0, 0.05) is 17.7 Å². The Balaban J connectivity index is 1.83. The van der Waals surface area contributed by atoms with Crippen LogP contribution in [0.2, 0.25) is 0 Å². The first-order valence-electron chi connectivity index (χ1n) is 7.07. The fourth-order valence-corrected chi connectivity index (χ4v) is 2.91. The predicted octanol–water partition coefficient (Wildman–Crippen LogP) is 4.17. The van der Waals surface area contributed by atoms with Gasteiger partial charge in [-0.2, -0.15) is 0 Å². The lowest BCUT2D eigenvalue weighted by Crippen LogP contribution is -1.94. The average Bonchev–Trinajstić information content (AvgIpc) is 3.04. The topological polar surface area (TPSA) is 90.2 Å². The molecule has 0 atom stereocenters. The number of hydrogen-bond acceptors (Lipinski definition) is 7. The fourth-order valence-electron chi connectivity index (χ4n) is 2.15. The first-order chi connectivity index (χ1) is 11.6. The van der Waals surface area contributed by atoms with Crippen molar-refractivity contribution in [3.63, 3.8) is 0 Å². The number of aromatic nitrogens is 2. The smallest absolute Gasteiger partial charge is 0.269 e. The summed E-state index contributed by atoms with van der Waals surface area (Å²) >= 11 is 1.36. The molecule has 0 aliphatic carbocycles. The zero-order chi connectivity index (χ0) is 17.1. The monoisotopic (exact) mass is 342 g/mol. The van der Waals surface area contributed by atoms with Gasteiger partial charge in [0.05, 0.1) is 17.7 Å². The van der Waals surface area contributed by atoms with E-state index in [2.05, 4.69) is 15.5 Å². The quantitative estimate of drug-likeness (QED) is 0.553. The molecule has 0 aliphatic heterocycles. The zero-order valence-corrected chi connectivity index (χ0v) is 13.8. The number of nitro benzene ring substituents is 1. The molecule has 0 spiro atoms. The second kappa shape index (κ2) is 6.63. The minimum Gasteiger partial charge on any atom is -0.495 e. The van der Waals surface area contributed by atoms with Crippen molar-refractivity contribution in [3.05, 3.63) is 58.1 Å². The Labute approximate surface area is 142 Å². The van der Waals surface area contributed by atoms with Gasteiger partial charge in [0.2, 0.25) is 5.13 Å². The van der Waals surface area contributed by atoms with Crippen LogP contribution in [-0.2, 0) is 0 Å². The third-order valence-electron chi connectivity index (χ3n) is 3.35. The van der Waals surface area contributed by atoms with E-state index < -0.39 is 4.92 Å². The molecule has 3 rings (SSSR count). The molecule has 8 heteroatoms. The second-order valence-corrected chi connectivity index (χ2v) is 6.02. The van der Waals surface area contributed by atoms with Crippen LogP contribution in [0.3, 0.4) is 0 Å². The van der Waals surface area contributed by atoms with Crippen LogP contribution in [0.25, 0.3) is 10.6 Å². The molecule has 0 fully saturated rings. The van der Waals surface area contributed by atoms with Crippen LogP contribution in [0.4, 0.5) is 16.5 Å². The van der Waals surface area contributed by atoms with Crippen LogP contribution in [0.15, 0.2) is 42.5 Å². The largest absolute Gasteiger partial charge is 0.495 e. The Bertz CT molecular complexity index is 877. The number of nitro groups is 1. The molecule has 0 aliphatic rings. The van der Waals surface area contributed by atoms with E-state index in [4.69, 9.17) is 4.74 Å². The number of nitrogens with one attached hydrogen (secondary N) is 1. The Morgan fingerprint density at radius 2 is 1.92 bits per heavy atom. The van der Waals surface area contributed by atoms with Crippen molar-refractivity contribution in [1.29, 1.82) is 0 Å². The number of benzene rings is 2. The number of nitrogens with zero attached hydrogens (tertiary/aromatic N) is 3. The molecule has 24 heavy (non-hydrogen) atoms. The van der Waals surface area contributed by atoms with E-state index in [9.17, 15) is 10.1 Å². The Kier molecular flexibility index (Phi) is 4.39. The Morgan fingerprint density at radius 1 is 1.17 bits per heavy atom. The van der Waals surface area contributed by atoms with Gasteiger partial charge in [-0.05, 0) is 36.8 Å². The predicted molar refractivity (Wildman–Crippen MR) is 93.0 cm³/mol. The lowest BCUT2D eigenvalue weighted by atomic mass is 10.2. The van der Waals surface area contributed by atoms with Gasteiger partial charge < -0.3 is 10.1 Å². The normalized spacial score (nSPS) is 10.4. The maximum absolute atomic E-state index is 10.7. The van der Waals surface area contributed by atoms with Crippen LogP contribution in [0.1, 0.15) is 5.56 Å². The average molecular weight is 342 g/mol. The molecule has 0 bridgehead atoms. The van der Waals surface area contributed by atoms with Crippen molar-refractivity contribution in [1.82, 2.24) is 10.2 Å². The summed E-state index contributed by atoms with van der Waals surface area (Å²) in [5.74, 6) is 0.715. The molecule has 122 valence electrons. The number of anilines is 2. The van der Waals surface area contributed by atoms with Gasteiger partial charge >= 0.3 is 0 Å². The fraction of sp³-hybridized carbons (Fsp3) is 0.125. The first-order valence-corrected chi connectivity index (χ1v) is 7.88. The van der Waals surface area contributed by atoms with Crippen molar-refractivity contribution in [3.8, 4) is 16.3 Å². The van der Waals surface area contributed by atoms with E-state index in [0.717, 1.165) is 16.8 Å². The van der Waals surface area contributed by atoms with Crippen molar-refractivity contribution < 1.29 is 9.66 Å². The van der Waals surface area contributed by atoms with Crippen LogP contribution in [0, 0.1) is 17.0 Å². The molecular formula is C16H14N4O3S. The number of aryl methyl sites for hydroxylation is 1. The van der Waals surface area contributed by atoms with E-state index in [1.807, 2.05) is 25.1 Å². The van der Waals surface area contributed by atoms with Crippen LogP contribution < -0.4 is 10.1 Å². The SMILES string of the molecule is COc1ccc(C)cc1Nc1nnc(-c2ccc([N+](=O)[O-])cc2)s1. The molecule has 1 heterocycles. The van der Waals surface area contributed by atoms with Crippen LogP contribution >= 0.6 is 11.3 Å². The van der Waals surface area contributed by atoms with Gasteiger partial charge in [-0.25, -0.2) is 0 Å². The lowest BCUT2D eigenvalue weighted by Gasteiger charge is -2.09. The minimum absolute atomic E-state index is 0.0473. The summed E-state index contributed by atoms with van der Waals surface area (Å²) in [5, 5.41) is 23.4. The molecule has 2 aromatic carbocycles. The lowest BCUT2D eigenvalue weighted by molar-refractivity contribution is -0.384. The summed E-state index contributed by atoms with van der Waals surface area (Å²) in [6.45, 7) is 1.99. The van der Waals surface area contributed by atoms with Gasteiger partial charge in [0.1, 0.15) is 10.8 Å². The summed E-state index contributed by atoms with van der Waals surface area (Å²) < 4.78 is 5.33. The summed E-state index contributed by atoms with van der Waals surface area (Å²) in [6.07, 6.45) is 0. The number of hydrogen-bond donors (Lipinski definition) is 1. The third-order valence-corrected chi connectivity index (χ3v) is 4.23. The first kappa shape index (κ1) is 15.9. The number of non-ortho nitro benzene ring substituents is 1. The molecule has 3 aromatic rings. The molecule has 1 aromatic heterocycles. The van der Waals surface area contributed by atoms with Crippen LogP contribution in [0.5, 0.6) is 5.75 Å². The number of rotatable bonds is 5. The molecular weight excluding hydrogens is 328 g/mol. The summed E-state index contributed by atoms with van der Waals surface area (Å²) in [5.41, 5.74) is 2.73. The van der Waals surface area contributed by atoms with E-state index >= 15 is 0 Å². The van der Waals surface area contributed by atoms with Gasteiger partial charge in [-0.15, -0.1) is 10.2 Å². The summed E-state index contributed by atoms with van der Waals surface area (Å²) in [6, 6.07) is 12.0. The molecule has 0 saturated carbocycles. The zero-order valence-electron chi connectivity index (χ0n) is 13.0. The second-order valence-electron chi connectivity index (χ2n) is 5.05. The van der Waals surface area contributed by atoms with Crippen LogP contribution in [-0.4, -0.2) is 22.2 Å². The van der Waals surface area contributed by atoms with Crippen molar-refractivity contribution in [2.75, 3.05) is 12.4 Å². The number of ether oxygens (including phenoxy) is 1. The van der Waals surface area contributed by atoms with Crippen molar-refractivity contribution in [2.45, 2.75) is 6.92 Å². The minimum atomic E-state index is -0.430. The van der Waals surface area contributed by atoms with Gasteiger partial charge in [0.15, 0.2) is 0 Å². The highest BCUT2D eigenvalue weighted by Crippen LogP contribution is 2.33. The van der Waals surface area contributed by atoms with E-state index in [-0.39, 0.29) is 5.69 Å². The molecule has 0 saturated heterocycles. The molecule has 1 N–H and O–H groups in total. The van der Waals surface area contributed by atoms with Gasteiger partial charge in [-0.3, -0.25) is 10.1 Å². The van der Waals surface area contributed by atoms with E-state index in [1.165, 1.54) is 23.5 Å².